The molecule has 0 amide bonds. The van der Waals surface area contributed by atoms with Crippen molar-refractivity contribution in [3.8, 4) is 0 Å². The van der Waals surface area contributed by atoms with Crippen molar-refractivity contribution in [2.45, 2.75) is 25.5 Å². The Hall–Kier alpha value is -0.780. The van der Waals surface area contributed by atoms with Gasteiger partial charge in [-0.05, 0) is 42.0 Å². The molecule has 1 aromatic heterocycles. The third kappa shape index (κ3) is 6.55. The molecule has 22 heavy (non-hydrogen) atoms. The normalized spacial score (nSPS) is 11.6. The molecule has 0 N–H and O–H groups in total. The Kier molecular flexibility index (Phi) is 8.05. The zero-order valence-electron chi connectivity index (χ0n) is 12.5. The molecule has 2 nitrogen and oxygen atoms in total. The molecular formula is C17H19BrN2S2. The minimum Gasteiger partial charge on any atom is -0.262 e. The molecule has 0 unspecified atom stereocenters. The van der Waals surface area contributed by atoms with Crippen LogP contribution in [-0.2, 0) is 5.75 Å². The first kappa shape index (κ1) is 17.6. The van der Waals surface area contributed by atoms with Crippen LogP contribution in [0.1, 0.15) is 25.3 Å². The predicted octanol–water partition coefficient (Wildman–Crippen LogP) is 6.30. The van der Waals surface area contributed by atoms with Gasteiger partial charge in [-0.1, -0.05) is 64.9 Å². The number of thioether (sulfide) groups is 2. The number of unbranched alkanes of at least 4 members (excludes halogenated alkanes) is 1. The highest BCUT2D eigenvalue weighted by atomic mass is 79.9. The average Bonchev–Trinajstić information content (AvgIpc) is 2.55. The fourth-order valence-corrected chi connectivity index (χ4v) is 4.12. The van der Waals surface area contributed by atoms with Gasteiger partial charge in [-0.15, -0.1) is 0 Å². The van der Waals surface area contributed by atoms with Crippen LogP contribution in [0.5, 0.6) is 0 Å². The highest BCUT2D eigenvalue weighted by Crippen LogP contribution is 2.26. The van der Waals surface area contributed by atoms with E-state index in [1.807, 2.05) is 23.9 Å². The molecule has 0 saturated carbocycles. The van der Waals surface area contributed by atoms with E-state index in [0.29, 0.717) is 0 Å². The fraction of sp³-hybridized carbons (Fsp3) is 0.294. The third-order valence-electron chi connectivity index (χ3n) is 2.87. The standard InChI is InChI=1S/C17H19BrN2S2/c1-2-3-11-21-17(20-16-5-4-10-19-12-16)22-13-14-6-8-15(18)9-7-14/h4-10,12H,2-3,11,13H2,1H3. The van der Waals surface area contributed by atoms with Gasteiger partial charge < -0.3 is 0 Å². The second-order valence-corrected chi connectivity index (χ2v) is 7.93. The van der Waals surface area contributed by atoms with Crippen LogP contribution < -0.4 is 0 Å². The number of halogens is 1. The zero-order valence-corrected chi connectivity index (χ0v) is 15.8. The molecule has 1 aromatic carbocycles. The van der Waals surface area contributed by atoms with E-state index < -0.39 is 0 Å². The lowest BCUT2D eigenvalue weighted by Gasteiger charge is -2.06. The lowest BCUT2D eigenvalue weighted by Crippen LogP contribution is -1.91. The summed E-state index contributed by atoms with van der Waals surface area (Å²) in [6.07, 6.45) is 6.01. The van der Waals surface area contributed by atoms with Crippen molar-refractivity contribution >= 4 is 49.5 Å². The molecule has 2 rings (SSSR count). The van der Waals surface area contributed by atoms with Gasteiger partial charge in [-0.25, -0.2) is 4.99 Å². The summed E-state index contributed by atoms with van der Waals surface area (Å²) in [4.78, 5) is 8.87. The van der Waals surface area contributed by atoms with Gasteiger partial charge in [0.2, 0.25) is 0 Å². The van der Waals surface area contributed by atoms with E-state index in [4.69, 9.17) is 4.99 Å². The number of benzene rings is 1. The van der Waals surface area contributed by atoms with Gasteiger partial charge in [0.05, 0.1) is 11.9 Å². The largest absolute Gasteiger partial charge is 0.262 e. The Morgan fingerprint density at radius 2 is 2.00 bits per heavy atom. The van der Waals surface area contributed by atoms with E-state index in [0.717, 1.165) is 26.0 Å². The van der Waals surface area contributed by atoms with Gasteiger partial charge in [0.15, 0.2) is 0 Å². The predicted molar refractivity (Wildman–Crippen MR) is 104 cm³/mol. The van der Waals surface area contributed by atoms with Gasteiger partial charge in [0.25, 0.3) is 0 Å². The summed E-state index contributed by atoms with van der Waals surface area (Å²) in [5, 5.41) is 0. The topological polar surface area (TPSA) is 25.2 Å². The average molecular weight is 395 g/mol. The van der Waals surface area contributed by atoms with Crippen molar-refractivity contribution in [2.75, 3.05) is 5.75 Å². The molecule has 0 bridgehead atoms. The summed E-state index contributed by atoms with van der Waals surface area (Å²) in [7, 11) is 0. The van der Waals surface area contributed by atoms with E-state index in [-0.39, 0.29) is 0 Å². The van der Waals surface area contributed by atoms with Crippen LogP contribution in [0, 0.1) is 0 Å². The lowest BCUT2D eigenvalue weighted by atomic mass is 10.2. The van der Waals surface area contributed by atoms with Gasteiger partial charge in [-0.2, -0.15) is 0 Å². The molecular weight excluding hydrogens is 376 g/mol. The smallest absolute Gasteiger partial charge is 0.130 e. The number of hydrogen-bond donors (Lipinski definition) is 0. The lowest BCUT2D eigenvalue weighted by molar-refractivity contribution is 0.898. The van der Waals surface area contributed by atoms with Crippen molar-refractivity contribution in [1.29, 1.82) is 0 Å². The molecule has 116 valence electrons. The molecule has 0 atom stereocenters. The van der Waals surface area contributed by atoms with E-state index in [2.05, 4.69) is 52.1 Å². The van der Waals surface area contributed by atoms with Crippen molar-refractivity contribution in [3.05, 3.63) is 58.8 Å². The molecule has 0 spiro atoms. The highest BCUT2D eigenvalue weighted by Gasteiger charge is 2.04. The number of nitrogens with zero attached hydrogens (tertiary/aromatic N) is 2. The van der Waals surface area contributed by atoms with Crippen molar-refractivity contribution in [3.63, 3.8) is 0 Å². The first-order chi connectivity index (χ1) is 10.8. The first-order valence-corrected chi connectivity index (χ1v) is 10.0. The molecule has 5 heteroatoms. The van der Waals surface area contributed by atoms with E-state index in [1.54, 1.807) is 24.2 Å². The van der Waals surface area contributed by atoms with Crippen molar-refractivity contribution in [2.24, 2.45) is 4.99 Å². The molecule has 0 saturated heterocycles. The van der Waals surface area contributed by atoms with Crippen molar-refractivity contribution < 1.29 is 0 Å². The van der Waals surface area contributed by atoms with Crippen LogP contribution in [0.25, 0.3) is 0 Å². The molecule has 0 fully saturated rings. The number of pyridine rings is 1. The number of rotatable bonds is 6. The molecule has 0 radical (unpaired) electrons. The van der Waals surface area contributed by atoms with E-state index in [9.17, 15) is 0 Å². The molecule has 1 heterocycles. The minimum absolute atomic E-state index is 0.921. The molecule has 2 aromatic rings. The van der Waals surface area contributed by atoms with Crippen LogP contribution >= 0.6 is 39.5 Å². The summed E-state index contributed by atoms with van der Waals surface area (Å²) in [5.74, 6) is 2.05. The Morgan fingerprint density at radius 1 is 1.18 bits per heavy atom. The third-order valence-corrected chi connectivity index (χ3v) is 5.75. The Bertz CT molecular complexity index is 585. The van der Waals surface area contributed by atoms with Crippen molar-refractivity contribution in [1.82, 2.24) is 4.98 Å². The van der Waals surface area contributed by atoms with Gasteiger partial charge >= 0.3 is 0 Å². The summed E-state index contributed by atoms with van der Waals surface area (Å²) in [5.41, 5.74) is 2.23. The Labute approximate surface area is 149 Å². The number of hydrogen-bond acceptors (Lipinski definition) is 4. The van der Waals surface area contributed by atoms with Crippen LogP contribution in [0.3, 0.4) is 0 Å². The maximum Gasteiger partial charge on any atom is 0.130 e. The van der Waals surface area contributed by atoms with Crippen LogP contribution in [-0.4, -0.2) is 15.1 Å². The van der Waals surface area contributed by atoms with Gasteiger partial charge in [0, 0.05) is 16.4 Å². The number of aromatic nitrogens is 1. The quantitative estimate of drug-likeness (QED) is 0.326. The van der Waals surface area contributed by atoms with E-state index in [1.165, 1.54) is 18.4 Å². The minimum atomic E-state index is 0.921. The summed E-state index contributed by atoms with van der Waals surface area (Å²) in [6.45, 7) is 2.22. The monoisotopic (exact) mass is 394 g/mol. The maximum atomic E-state index is 4.73. The first-order valence-electron chi connectivity index (χ1n) is 7.26. The van der Waals surface area contributed by atoms with Crippen LogP contribution in [0.2, 0.25) is 0 Å². The molecule has 0 aliphatic rings. The second-order valence-electron chi connectivity index (χ2n) is 4.71. The van der Waals surface area contributed by atoms with Gasteiger partial charge in [0.1, 0.15) is 4.38 Å². The Morgan fingerprint density at radius 3 is 2.68 bits per heavy atom. The summed E-state index contributed by atoms with van der Waals surface area (Å²) in [6, 6.07) is 12.4. The van der Waals surface area contributed by atoms with E-state index >= 15 is 0 Å². The van der Waals surface area contributed by atoms with Crippen LogP contribution in [0.4, 0.5) is 5.69 Å². The zero-order chi connectivity index (χ0) is 15.6. The summed E-state index contributed by atoms with van der Waals surface area (Å²) < 4.78 is 2.23. The Balaban J connectivity index is 2.00. The molecule has 0 aliphatic heterocycles. The number of aliphatic imine (C=N–C) groups is 1. The van der Waals surface area contributed by atoms with Gasteiger partial charge in [-0.3, -0.25) is 4.98 Å². The van der Waals surface area contributed by atoms with Crippen LogP contribution in [0.15, 0.2) is 58.3 Å². The maximum absolute atomic E-state index is 4.73. The fourth-order valence-electron chi connectivity index (χ4n) is 1.66. The second kappa shape index (κ2) is 10.1. The molecule has 0 aliphatic carbocycles. The highest BCUT2D eigenvalue weighted by molar-refractivity contribution is 9.10. The SMILES string of the molecule is CCCCSC(=Nc1cccnc1)SCc1ccc(Br)cc1. The summed E-state index contributed by atoms with van der Waals surface area (Å²) >= 11 is 7.11.